The first kappa shape index (κ1) is 16.8. The summed E-state index contributed by atoms with van der Waals surface area (Å²) in [5.41, 5.74) is 3.10. The second kappa shape index (κ2) is 6.60. The molecule has 1 aliphatic carbocycles. The van der Waals surface area contributed by atoms with Crippen molar-refractivity contribution in [3.05, 3.63) is 65.7 Å². The molecule has 1 heterocycles. The molecule has 1 aliphatic heterocycles. The van der Waals surface area contributed by atoms with Crippen molar-refractivity contribution in [3.8, 4) is 0 Å². The van der Waals surface area contributed by atoms with Crippen LogP contribution in [-0.4, -0.2) is 29.8 Å². The van der Waals surface area contributed by atoms with Gasteiger partial charge < -0.3 is 10.2 Å². The van der Waals surface area contributed by atoms with Crippen LogP contribution in [0, 0.1) is 11.3 Å². The van der Waals surface area contributed by atoms with E-state index in [1.165, 1.54) is 11.1 Å². The molecule has 2 fully saturated rings. The second-order valence-corrected chi connectivity index (χ2v) is 7.59. The number of nitrogens with one attached hydrogen (secondary N) is 1. The van der Waals surface area contributed by atoms with Crippen molar-refractivity contribution >= 4 is 17.5 Å². The smallest absolute Gasteiger partial charge is 0.231 e. The van der Waals surface area contributed by atoms with Gasteiger partial charge in [-0.25, -0.2) is 0 Å². The predicted octanol–water partition coefficient (Wildman–Crippen LogP) is 3.47. The summed E-state index contributed by atoms with van der Waals surface area (Å²) in [6, 6.07) is 18.5. The molecule has 0 aromatic heterocycles. The van der Waals surface area contributed by atoms with Gasteiger partial charge >= 0.3 is 0 Å². The maximum atomic E-state index is 12.8. The fraction of sp³-hybridized carbons (Fsp3) is 0.364. The molecule has 2 atom stereocenters. The van der Waals surface area contributed by atoms with Crippen molar-refractivity contribution in [1.82, 2.24) is 4.90 Å². The molecule has 4 nitrogen and oxygen atoms in total. The summed E-state index contributed by atoms with van der Waals surface area (Å²) in [5, 5.41) is 3.09. The van der Waals surface area contributed by atoms with Crippen molar-refractivity contribution < 1.29 is 9.59 Å². The lowest BCUT2D eigenvalue weighted by atomic mass is 9.94. The lowest BCUT2D eigenvalue weighted by molar-refractivity contribution is -0.132. The highest BCUT2D eigenvalue weighted by atomic mass is 16.2. The van der Waals surface area contributed by atoms with Gasteiger partial charge in [-0.05, 0) is 48.4 Å². The van der Waals surface area contributed by atoms with Gasteiger partial charge in [-0.15, -0.1) is 0 Å². The third-order valence-electron chi connectivity index (χ3n) is 5.86. The molecule has 1 saturated heterocycles. The molecule has 4 rings (SSSR count). The molecule has 0 radical (unpaired) electrons. The second-order valence-electron chi connectivity index (χ2n) is 7.59. The number of nitrogens with zero attached hydrogens (tertiary/aromatic N) is 1. The summed E-state index contributed by atoms with van der Waals surface area (Å²) in [5.74, 6) is 0.541. The Morgan fingerprint density at radius 3 is 2.42 bits per heavy atom. The third-order valence-corrected chi connectivity index (χ3v) is 5.86. The van der Waals surface area contributed by atoms with Crippen LogP contribution in [0.5, 0.6) is 0 Å². The number of amides is 2. The Kier molecular flexibility index (Phi) is 4.27. The summed E-state index contributed by atoms with van der Waals surface area (Å²) < 4.78 is 0. The highest BCUT2D eigenvalue weighted by Gasteiger charge is 2.61. The van der Waals surface area contributed by atoms with E-state index in [-0.39, 0.29) is 17.2 Å². The van der Waals surface area contributed by atoms with E-state index in [1.54, 1.807) is 6.92 Å². The molecule has 134 valence electrons. The number of fused-ring (bicyclic) bond motifs is 1. The monoisotopic (exact) mass is 348 g/mol. The molecule has 2 aromatic carbocycles. The van der Waals surface area contributed by atoms with Gasteiger partial charge in [0.25, 0.3) is 0 Å². The van der Waals surface area contributed by atoms with Crippen molar-refractivity contribution in [3.63, 3.8) is 0 Å². The van der Waals surface area contributed by atoms with E-state index >= 15 is 0 Å². The average molecular weight is 348 g/mol. The van der Waals surface area contributed by atoms with E-state index < -0.39 is 0 Å². The zero-order valence-corrected chi connectivity index (χ0v) is 15.1. The standard InChI is InChI=1S/C22H24N2O2/c1-16(25)24-12-11-22(14-19(22)15-24)21(26)23-20-9-7-18(8-10-20)13-17-5-3-2-4-6-17/h2-10,19H,11-15H2,1H3,(H,23,26)/t19-,22-/m0/s1. The number of anilines is 1. The lowest BCUT2D eigenvalue weighted by Gasteiger charge is -2.30. The molecule has 2 aromatic rings. The molecule has 1 saturated carbocycles. The van der Waals surface area contributed by atoms with Crippen LogP contribution in [0.15, 0.2) is 54.6 Å². The number of hydrogen-bond donors (Lipinski definition) is 1. The van der Waals surface area contributed by atoms with Gasteiger partial charge in [0.2, 0.25) is 11.8 Å². The summed E-state index contributed by atoms with van der Waals surface area (Å²) in [6.45, 7) is 3.01. The van der Waals surface area contributed by atoms with Crippen LogP contribution in [0.1, 0.15) is 30.9 Å². The highest BCUT2D eigenvalue weighted by molar-refractivity contribution is 5.98. The van der Waals surface area contributed by atoms with Gasteiger partial charge in [0.05, 0.1) is 5.41 Å². The van der Waals surface area contributed by atoms with Crippen LogP contribution in [0.3, 0.4) is 0 Å². The Hall–Kier alpha value is -2.62. The Bertz CT molecular complexity index is 816. The molecule has 0 bridgehead atoms. The molecule has 4 heteroatoms. The van der Waals surface area contributed by atoms with Crippen LogP contribution in [0.4, 0.5) is 5.69 Å². The van der Waals surface area contributed by atoms with Crippen LogP contribution in [0.25, 0.3) is 0 Å². The Balaban J connectivity index is 1.36. The van der Waals surface area contributed by atoms with Crippen molar-refractivity contribution in [2.24, 2.45) is 11.3 Å². The minimum atomic E-state index is -0.255. The van der Waals surface area contributed by atoms with Gasteiger partial charge in [-0.1, -0.05) is 42.5 Å². The number of piperidine rings is 1. The molecule has 2 amide bonds. The molecule has 0 unspecified atom stereocenters. The molecule has 2 aliphatic rings. The molecule has 1 N–H and O–H groups in total. The first-order valence-electron chi connectivity index (χ1n) is 9.27. The largest absolute Gasteiger partial charge is 0.343 e. The van der Waals surface area contributed by atoms with E-state index in [2.05, 4.69) is 29.6 Å². The summed E-state index contributed by atoms with van der Waals surface area (Å²) in [6.07, 6.45) is 2.56. The minimum Gasteiger partial charge on any atom is -0.343 e. The number of carbonyl (C=O) groups is 2. The Labute approximate surface area is 154 Å². The number of benzene rings is 2. The number of rotatable bonds is 4. The SMILES string of the molecule is CC(=O)N1CC[C@]2(C(=O)Nc3ccc(Cc4ccccc4)cc3)C[C@H]2C1. The zero-order valence-electron chi connectivity index (χ0n) is 15.1. The Morgan fingerprint density at radius 1 is 1.08 bits per heavy atom. The van der Waals surface area contributed by atoms with E-state index in [0.29, 0.717) is 12.5 Å². The van der Waals surface area contributed by atoms with Gasteiger partial charge in [0.15, 0.2) is 0 Å². The van der Waals surface area contributed by atoms with Crippen molar-refractivity contribution in [1.29, 1.82) is 0 Å². The van der Waals surface area contributed by atoms with Gasteiger partial charge in [-0.3, -0.25) is 9.59 Å². The summed E-state index contributed by atoms with van der Waals surface area (Å²) >= 11 is 0. The van der Waals surface area contributed by atoms with Gasteiger partial charge in [-0.2, -0.15) is 0 Å². The van der Waals surface area contributed by atoms with Gasteiger partial charge in [0, 0.05) is 25.7 Å². The highest BCUT2D eigenvalue weighted by Crippen LogP contribution is 2.58. The van der Waals surface area contributed by atoms with E-state index in [0.717, 1.165) is 31.5 Å². The molecule has 0 spiro atoms. The number of hydrogen-bond acceptors (Lipinski definition) is 2. The zero-order chi connectivity index (χ0) is 18.1. The summed E-state index contributed by atoms with van der Waals surface area (Å²) in [7, 11) is 0. The fourth-order valence-corrected chi connectivity index (χ4v) is 4.09. The van der Waals surface area contributed by atoms with Gasteiger partial charge in [0.1, 0.15) is 0 Å². The molecular formula is C22H24N2O2. The van der Waals surface area contributed by atoms with E-state index in [9.17, 15) is 9.59 Å². The number of carbonyl (C=O) groups excluding carboxylic acids is 2. The third kappa shape index (κ3) is 3.24. The fourth-order valence-electron chi connectivity index (χ4n) is 4.09. The van der Waals surface area contributed by atoms with Crippen LogP contribution in [-0.2, 0) is 16.0 Å². The normalized spacial score (nSPS) is 23.9. The minimum absolute atomic E-state index is 0.111. The van der Waals surface area contributed by atoms with Crippen molar-refractivity contribution in [2.75, 3.05) is 18.4 Å². The lowest BCUT2D eigenvalue weighted by Crippen LogP contribution is -2.41. The van der Waals surface area contributed by atoms with Crippen LogP contribution in [0.2, 0.25) is 0 Å². The van der Waals surface area contributed by atoms with E-state index in [4.69, 9.17) is 0 Å². The average Bonchev–Trinajstić information content (AvgIpc) is 3.39. The van der Waals surface area contributed by atoms with Crippen LogP contribution >= 0.6 is 0 Å². The summed E-state index contributed by atoms with van der Waals surface area (Å²) in [4.78, 5) is 26.1. The quantitative estimate of drug-likeness (QED) is 0.920. The van der Waals surface area contributed by atoms with Crippen molar-refractivity contribution in [2.45, 2.75) is 26.2 Å². The first-order valence-corrected chi connectivity index (χ1v) is 9.27. The Morgan fingerprint density at radius 2 is 1.77 bits per heavy atom. The first-order chi connectivity index (χ1) is 12.6. The maximum Gasteiger partial charge on any atom is 0.231 e. The predicted molar refractivity (Wildman–Crippen MR) is 102 cm³/mol. The maximum absolute atomic E-state index is 12.8. The molecular weight excluding hydrogens is 324 g/mol. The number of likely N-dealkylation sites (tertiary alicyclic amines) is 1. The topological polar surface area (TPSA) is 49.4 Å². The van der Waals surface area contributed by atoms with E-state index in [1.807, 2.05) is 35.2 Å². The molecule has 26 heavy (non-hydrogen) atoms. The van der Waals surface area contributed by atoms with Crippen LogP contribution < -0.4 is 5.32 Å².